The molecule has 3 heterocycles. The molecule has 1 aromatic rings. The van der Waals surface area contributed by atoms with Crippen molar-refractivity contribution < 1.29 is 23.9 Å². The summed E-state index contributed by atoms with van der Waals surface area (Å²) in [6.07, 6.45) is 1.01. The monoisotopic (exact) mass is 499 g/mol. The Kier molecular flexibility index (Phi) is 7.82. The molecule has 4 amide bonds. The van der Waals surface area contributed by atoms with Gasteiger partial charge in [-0.1, -0.05) is 13.8 Å². The van der Waals surface area contributed by atoms with Crippen LogP contribution in [0.5, 0.6) is 0 Å². The fraction of sp³-hybridized carbons (Fsp3) is 0.615. The largest absolute Gasteiger partial charge is 0.378 e. The molecule has 1 N–H and O–H groups in total. The highest BCUT2D eigenvalue weighted by Gasteiger charge is 2.53. The maximum Gasteiger partial charge on any atom is 0.320 e. The maximum atomic E-state index is 13.7. The number of rotatable bonds is 6. The fourth-order valence-electron chi connectivity index (χ4n) is 5.31. The Hall–Kier alpha value is -3.14. The van der Waals surface area contributed by atoms with E-state index in [2.05, 4.69) is 5.32 Å². The predicted octanol–water partition coefficient (Wildman–Crippen LogP) is 1.20. The number of fused-ring (bicyclic) bond motifs is 1. The molecule has 0 saturated carbocycles. The number of urea groups is 1. The normalized spacial score (nSPS) is 22.6. The summed E-state index contributed by atoms with van der Waals surface area (Å²) in [6, 6.07) is 5.29. The minimum absolute atomic E-state index is 0.00866. The molecule has 3 aliphatic heterocycles. The van der Waals surface area contributed by atoms with E-state index in [-0.39, 0.29) is 42.1 Å². The molecule has 3 fully saturated rings. The van der Waals surface area contributed by atoms with Crippen LogP contribution < -0.4 is 10.2 Å². The number of Topliss-reactive ketones (excluding diaryl/α,β-unsaturated/α-hetero) is 1. The third kappa shape index (κ3) is 5.33. The van der Waals surface area contributed by atoms with Gasteiger partial charge < -0.3 is 29.7 Å². The van der Waals surface area contributed by atoms with Gasteiger partial charge in [0.2, 0.25) is 5.91 Å². The molecular weight excluding hydrogens is 462 g/mol. The smallest absolute Gasteiger partial charge is 0.320 e. The van der Waals surface area contributed by atoms with Gasteiger partial charge in [-0.2, -0.15) is 0 Å². The van der Waals surface area contributed by atoms with Gasteiger partial charge in [0.15, 0.2) is 5.78 Å². The zero-order valence-electron chi connectivity index (χ0n) is 21.6. The molecule has 10 heteroatoms. The van der Waals surface area contributed by atoms with E-state index in [1.54, 1.807) is 26.8 Å². The Morgan fingerprint density at radius 2 is 1.72 bits per heavy atom. The van der Waals surface area contributed by atoms with Crippen LogP contribution in [0.3, 0.4) is 0 Å². The van der Waals surface area contributed by atoms with Crippen LogP contribution in [-0.2, 0) is 14.3 Å². The van der Waals surface area contributed by atoms with E-state index in [1.165, 1.54) is 0 Å². The molecule has 0 aromatic heterocycles. The van der Waals surface area contributed by atoms with Crippen LogP contribution in [0.25, 0.3) is 0 Å². The molecule has 1 aromatic carbocycles. The second kappa shape index (κ2) is 10.9. The van der Waals surface area contributed by atoms with Crippen LogP contribution in [0.4, 0.5) is 10.5 Å². The van der Waals surface area contributed by atoms with Gasteiger partial charge in [-0.25, -0.2) is 4.79 Å². The number of morpholine rings is 1. The number of benzene rings is 1. The van der Waals surface area contributed by atoms with Gasteiger partial charge in [-0.15, -0.1) is 0 Å². The summed E-state index contributed by atoms with van der Waals surface area (Å²) in [5.41, 5.74) is 1.45. The Labute approximate surface area is 212 Å². The summed E-state index contributed by atoms with van der Waals surface area (Å²) < 4.78 is 5.34. The quantitative estimate of drug-likeness (QED) is 0.631. The number of amides is 4. The third-order valence-electron chi connectivity index (χ3n) is 7.19. The van der Waals surface area contributed by atoms with Gasteiger partial charge in [0.1, 0.15) is 12.1 Å². The molecule has 36 heavy (non-hydrogen) atoms. The Balaban J connectivity index is 1.46. The highest BCUT2D eigenvalue weighted by molar-refractivity contribution is 6.00. The van der Waals surface area contributed by atoms with Crippen molar-refractivity contribution in [3.8, 4) is 0 Å². The van der Waals surface area contributed by atoms with Crippen molar-refractivity contribution in [3.63, 3.8) is 0 Å². The molecule has 3 atom stereocenters. The second-order valence-electron chi connectivity index (χ2n) is 10.4. The summed E-state index contributed by atoms with van der Waals surface area (Å²) in [5.74, 6) is -0.547. The Morgan fingerprint density at radius 3 is 2.33 bits per heavy atom. The molecule has 196 valence electrons. The third-order valence-corrected chi connectivity index (χ3v) is 7.19. The summed E-state index contributed by atoms with van der Waals surface area (Å²) in [6.45, 7) is 6.36. The van der Waals surface area contributed by atoms with Crippen molar-refractivity contribution in [2.75, 3.05) is 58.4 Å². The summed E-state index contributed by atoms with van der Waals surface area (Å²) >= 11 is 0. The number of anilines is 1. The highest BCUT2D eigenvalue weighted by Crippen LogP contribution is 2.31. The van der Waals surface area contributed by atoms with Gasteiger partial charge in [0, 0.05) is 45.0 Å². The summed E-state index contributed by atoms with van der Waals surface area (Å²) in [5, 5.41) is 2.91. The Morgan fingerprint density at radius 1 is 1.06 bits per heavy atom. The molecule has 4 rings (SSSR count). The average molecular weight is 500 g/mol. The first-order valence-corrected chi connectivity index (χ1v) is 12.7. The summed E-state index contributed by atoms with van der Waals surface area (Å²) in [4.78, 5) is 59.7. The lowest BCUT2D eigenvalue weighted by Gasteiger charge is -2.33. The average Bonchev–Trinajstić information content (AvgIpc) is 3.44. The number of hydrogen-bond acceptors (Lipinski definition) is 6. The molecule has 0 aliphatic carbocycles. The van der Waals surface area contributed by atoms with E-state index in [0.29, 0.717) is 51.3 Å². The lowest BCUT2D eigenvalue weighted by Crippen LogP contribution is -2.53. The van der Waals surface area contributed by atoms with Crippen LogP contribution >= 0.6 is 0 Å². The van der Waals surface area contributed by atoms with Crippen molar-refractivity contribution in [3.05, 3.63) is 29.8 Å². The molecule has 3 saturated heterocycles. The van der Waals surface area contributed by atoms with Crippen LogP contribution in [0.1, 0.15) is 37.0 Å². The van der Waals surface area contributed by atoms with Gasteiger partial charge in [0.05, 0.1) is 25.8 Å². The van der Waals surface area contributed by atoms with Crippen LogP contribution in [-0.4, -0.2) is 110 Å². The van der Waals surface area contributed by atoms with Crippen LogP contribution in [0.15, 0.2) is 24.3 Å². The van der Waals surface area contributed by atoms with E-state index >= 15 is 0 Å². The SMILES string of the molecule is CC(C)C[C@H](NC(=O)c1ccc(N(C)C)cc1)C(=O)N1CCC2[C@H]1C(=O)CN2C(=O)N1CCOCC1. The van der Waals surface area contributed by atoms with E-state index in [0.717, 1.165) is 5.69 Å². The molecule has 0 spiro atoms. The molecular formula is C26H37N5O5. The first-order valence-electron chi connectivity index (χ1n) is 12.7. The molecule has 3 aliphatic rings. The van der Waals surface area contributed by atoms with Crippen molar-refractivity contribution in [2.45, 2.75) is 44.8 Å². The van der Waals surface area contributed by atoms with Crippen LogP contribution in [0.2, 0.25) is 0 Å². The van der Waals surface area contributed by atoms with Crippen molar-refractivity contribution in [2.24, 2.45) is 5.92 Å². The van der Waals surface area contributed by atoms with Crippen LogP contribution in [0, 0.1) is 5.92 Å². The molecule has 0 radical (unpaired) electrons. The minimum atomic E-state index is -0.749. The first kappa shape index (κ1) is 25.9. The standard InChI is InChI=1S/C26H37N5O5/c1-17(2)15-20(27-24(33)18-5-7-19(8-6-18)28(3)4)25(34)30-10-9-21-23(30)22(32)16-31(21)26(35)29-11-13-36-14-12-29/h5-8,17,20-21,23H,9-16H2,1-4H3,(H,27,33)/t20-,21?,23-/m0/s1. The van der Waals surface area contributed by atoms with Gasteiger partial charge in [-0.3, -0.25) is 14.4 Å². The summed E-state index contributed by atoms with van der Waals surface area (Å²) in [7, 11) is 3.85. The van der Waals surface area contributed by atoms with Gasteiger partial charge in [0.25, 0.3) is 5.91 Å². The van der Waals surface area contributed by atoms with Crippen molar-refractivity contribution in [1.29, 1.82) is 0 Å². The number of nitrogens with zero attached hydrogens (tertiary/aromatic N) is 4. The zero-order valence-corrected chi connectivity index (χ0v) is 21.6. The topological polar surface area (TPSA) is 102 Å². The zero-order chi connectivity index (χ0) is 26.0. The van der Waals surface area contributed by atoms with Crippen molar-refractivity contribution >= 4 is 29.3 Å². The number of ether oxygens (including phenoxy) is 1. The highest BCUT2D eigenvalue weighted by atomic mass is 16.5. The first-order chi connectivity index (χ1) is 17.2. The lowest BCUT2D eigenvalue weighted by atomic mass is 10.0. The fourth-order valence-corrected chi connectivity index (χ4v) is 5.31. The number of hydrogen-bond donors (Lipinski definition) is 1. The maximum absolute atomic E-state index is 13.7. The van der Waals surface area contributed by atoms with E-state index in [9.17, 15) is 19.2 Å². The van der Waals surface area contributed by atoms with E-state index < -0.39 is 12.1 Å². The molecule has 1 unspecified atom stereocenters. The van der Waals surface area contributed by atoms with E-state index in [4.69, 9.17) is 4.74 Å². The lowest BCUT2D eigenvalue weighted by molar-refractivity contribution is -0.138. The minimum Gasteiger partial charge on any atom is -0.378 e. The number of carbonyl (C=O) groups excluding carboxylic acids is 4. The van der Waals surface area contributed by atoms with Gasteiger partial charge in [-0.05, 0) is 43.0 Å². The van der Waals surface area contributed by atoms with Gasteiger partial charge >= 0.3 is 6.03 Å². The molecule has 10 nitrogen and oxygen atoms in total. The predicted molar refractivity (Wildman–Crippen MR) is 135 cm³/mol. The second-order valence-corrected chi connectivity index (χ2v) is 10.4. The number of nitrogens with one attached hydrogen (secondary N) is 1. The Bertz CT molecular complexity index is 989. The van der Waals surface area contributed by atoms with Crippen molar-refractivity contribution in [1.82, 2.24) is 20.0 Å². The number of ketones is 1. The number of likely N-dealkylation sites (tertiary alicyclic amines) is 2. The molecule has 0 bridgehead atoms. The van der Waals surface area contributed by atoms with E-state index in [1.807, 2.05) is 45.0 Å². The number of carbonyl (C=O) groups is 4.